The molecule has 2 heterocycles. The standard InChI is InChI=1S/C14H20N2O3S/c1-11-3-2-8-16(10-11)20(17,18)14-7-6-13(19-14)9-15-12-4-5-12/h3,6-7,12,15H,2,4-5,8-10H2,1H3. The maximum Gasteiger partial charge on any atom is 0.276 e. The van der Waals surface area contributed by atoms with Crippen molar-refractivity contribution in [1.29, 1.82) is 0 Å². The Morgan fingerprint density at radius 2 is 2.20 bits per heavy atom. The highest BCUT2D eigenvalue weighted by Crippen LogP contribution is 2.23. The fourth-order valence-corrected chi connectivity index (χ4v) is 3.76. The lowest BCUT2D eigenvalue weighted by Crippen LogP contribution is -2.35. The molecule has 1 fully saturated rings. The Balaban J connectivity index is 1.71. The Morgan fingerprint density at radius 3 is 2.90 bits per heavy atom. The Hall–Kier alpha value is -1.11. The molecule has 1 saturated carbocycles. The van der Waals surface area contributed by atoms with Gasteiger partial charge in [0.05, 0.1) is 6.54 Å². The van der Waals surface area contributed by atoms with Gasteiger partial charge in [-0.3, -0.25) is 0 Å². The Morgan fingerprint density at radius 1 is 1.40 bits per heavy atom. The molecule has 0 amide bonds. The van der Waals surface area contributed by atoms with E-state index in [1.807, 2.05) is 6.92 Å². The largest absolute Gasteiger partial charge is 0.447 e. The summed E-state index contributed by atoms with van der Waals surface area (Å²) in [7, 11) is -3.50. The second-order valence-corrected chi connectivity index (χ2v) is 7.42. The second-order valence-electron chi connectivity index (χ2n) is 5.55. The highest BCUT2D eigenvalue weighted by atomic mass is 32.2. The summed E-state index contributed by atoms with van der Waals surface area (Å²) in [6.45, 7) is 3.53. The fourth-order valence-electron chi connectivity index (χ4n) is 2.33. The van der Waals surface area contributed by atoms with E-state index < -0.39 is 10.0 Å². The third kappa shape index (κ3) is 2.97. The molecule has 5 nitrogen and oxygen atoms in total. The lowest BCUT2D eigenvalue weighted by atomic mass is 10.2. The SMILES string of the molecule is CC1=CCCN(S(=O)(=O)c2ccc(CNC3CC3)o2)C1. The monoisotopic (exact) mass is 296 g/mol. The first kappa shape index (κ1) is 13.9. The molecule has 0 bridgehead atoms. The van der Waals surface area contributed by atoms with Crippen LogP contribution in [0.5, 0.6) is 0 Å². The van der Waals surface area contributed by atoms with Gasteiger partial charge in [-0.15, -0.1) is 0 Å². The number of hydrogen-bond donors (Lipinski definition) is 1. The van der Waals surface area contributed by atoms with Gasteiger partial charge in [0.15, 0.2) is 0 Å². The van der Waals surface area contributed by atoms with Crippen molar-refractivity contribution in [3.05, 3.63) is 29.5 Å². The first-order chi connectivity index (χ1) is 9.55. The third-order valence-corrected chi connectivity index (χ3v) is 5.39. The number of hydrogen-bond acceptors (Lipinski definition) is 4. The van der Waals surface area contributed by atoms with Crippen LogP contribution in [0.25, 0.3) is 0 Å². The first-order valence-corrected chi connectivity index (χ1v) is 8.47. The number of furan rings is 1. The van der Waals surface area contributed by atoms with E-state index >= 15 is 0 Å². The molecule has 0 saturated heterocycles. The van der Waals surface area contributed by atoms with Crippen molar-refractivity contribution < 1.29 is 12.8 Å². The fraction of sp³-hybridized carbons (Fsp3) is 0.571. The molecule has 2 aliphatic rings. The van der Waals surface area contributed by atoms with Crippen LogP contribution < -0.4 is 5.32 Å². The highest BCUT2D eigenvalue weighted by Gasteiger charge is 2.29. The van der Waals surface area contributed by atoms with E-state index in [4.69, 9.17) is 4.42 Å². The lowest BCUT2D eigenvalue weighted by Gasteiger charge is -2.24. The van der Waals surface area contributed by atoms with Gasteiger partial charge in [0.25, 0.3) is 10.0 Å². The zero-order chi connectivity index (χ0) is 14.2. The van der Waals surface area contributed by atoms with Crippen molar-refractivity contribution in [2.75, 3.05) is 13.1 Å². The van der Waals surface area contributed by atoms with Gasteiger partial charge in [0.1, 0.15) is 5.76 Å². The molecular formula is C14H20N2O3S. The summed E-state index contributed by atoms with van der Waals surface area (Å²) in [6.07, 6.45) is 5.25. The zero-order valence-corrected chi connectivity index (χ0v) is 12.4. The van der Waals surface area contributed by atoms with Gasteiger partial charge < -0.3 is 9.73 Å². The average Bonchev–Trinajstić information content (AvgIpc) is 3.12. The number of nitrogens with zero attached hydrogens (tertiary/aromatic N) is 1. The third-order valence-electron chi connectivity index (χ3n) is 3.67. The van der Waals surface area contributed by atoms with E-state index in [1.54, 1.807) is 12.1 Å². The van der Waals surface area contributed by atoms with Gasteiger partial charge in [0, 0.05) is 19.1 Å². The van der Waals surface area contributed by atoms with Crippen LogP contribution in [0.15, 0.2) is 33.3 Å². The summed E-state index contributed by atoms with van der Waals surface area (Å²) in [5.41, 5.74) is 1.09. The molecule has 6 heteroatoms. The number of nitrogens with one attached hydrogen (secondary N) is 1. The molecule has 0 radical (unpaired) electrons. The van der Waals surface area contributed by atoms with Crippen LogP contribution in [0.2, 0.25) is 0 Å². The van der Waals surface area contributed by atoms with Gasteiger partial charge in [-0.25, -0.2) is 8.42 Å². The van der Waals surface area contributed by atoms with Gasteiger partial charge in [-0.2, -0.15) is 4.31 Å². The molecule has 1 aliphatic carbocycles. The van der Waals surface area contributed by atoms with Crippen molar-refractivity contribution in [3.63, 3.8) is 0 Å². The van der Waals surface area contributed by atoms with Crippen molar-refractivity contribution >= 4 is 10.0 Å². The maximum absolute atomic E-state index is 12.5. The number of sulfonamides is 1. The molecule has 1 N–H and O–H groups in total. The minimum absolute atomic E-state index is 0.0554. The van der Waals surface area contributed by atoms with Crippen molar-refractivity contribution in [1.82, 2.24) is 9.62 Å². The van der Waals surface area contributed by atoms with Crippen LogP contribution >= 0.6 is 0 Å². The summed E-state index contributed by atoms with van der Waals surface area (Å²) in [5.74, 6) is 0.680. The molecule has 0 spiro atoms. The van der Waals surface area contributed by atoms with Gasteiger partial charge in [-0.1, -0.05) is 11.6 Å². The predicted molar refractivity (Wildman–Crippen MR) is 75.7 cm³/mol. The van der Waals surface area contributed by atoms with Crippen molar-refractivity contribution in [3.8, 4) is 0 Å². The van der Waals surface area contributed by atoms with E-state index in [-0.39, 0.29) is 5.09 Å². The van der Waals surface area contributed by atoms with Gasteiger partial charge in [-0.05, 0) is 38.3 Å². The van der Waals surface area contributed by atoms with Crippen molar-refractivity contribution in [2.24, 2.45) is 0 Å². The van der Waals surface area contributed by atoms with E-state index in [1.165, 1.54) is 17.1 Å². The summed E-state index contributed by atoms with van der Waals surface area (Å²) in [6, 6.07) is 3.89. The van der Waals surface area contributed by atoms with E-state index in [0.29, 0.717) is 31.4 Å². The van der Waals surface area contributed by atoms with E-state index in [0.717, 1.165) is 12.0 Å². The molecule has 1 aromatic heterocycles. The molecule has 110 valence electrons. The summed E-state index contributed by atoms with van der Waals surface area (Å²) >= 11 is 0. The quantitative estimate of drug-likeness (QED) is 0.843. The molecule has 1 aliphatic heterocycles. The summed E-state index contributed by atoms with van der Waals surface area (Å²) in [4.78, 5) is 0. The highest BCUT2D eigenvalue weighted by molar-refractivity contribution is 7.89. The minimum Gasteiger partial charge on any atom is -0.447 e. The van der Waals surface area contributed by atoms with Crippen LogP contribution in [0.4, 0.5) is 0 Å². The average molecular weight is 296 g/mol. The van der Waals surface area contributed by atoms with Crippen LogP contribution in [-0.4, -0.2) is 31.9 Å². The second kappa shape index (κ2) is 5.35. The normalized spacial score (nSPS) is 20.9. The molecule has 3 rings (SSSR count). The summed E-state index contributed by atoms with van der Waals surface area (Å²) < 4.78 is 32.0. The Bertz CT molecular complexity index is 614. The molecule has 0 atom stereocenters. The van der Waals surface area contributed by atoms with Crippen molar-refractivity contribution in [2.45, 2.75) is 43.9 Å². The molecule has 20 heavy (non-hydrogen) atoms. The maximum atomic E-state index is 12.5. The Kier molecular flexibility index (Phi) is 3.70. The van der Waals surface area contributed by atoms with Gasteiger partial charge >= 0.3 is 0 Å². The molecular weight excluding hydrogens is 276 g/mol. The number of rotatable bonds is 5. The minimum atomic E-state index is -3.50. The topological polar surface area (TPSA) is 62.6 Å². The zero-order valence-electron chi connectivity index (χ0n) is 11.6. The summed E-state index contributed by atoms with van der Waals surface area (Å²) in [5, 5.41) is 3.37. The smallest absolute Gasteiger partial charge is 0.276 e. The molecule has 0 aromatic carbocycles. The molecule has 0 unspecified atom stereocenters. The molecule has 1 aromatic rings. The van der Waals surface area contributed by atoms with E-state index in [9.17, 15) is 8.42 Å². The van der Waals surface area contributed by atoms with Crippen LogP contribution in [-0.2, 0) is 16.6 Å². The van der Waals surface area contributed by atoms with Crippen LogP contribution in [0.1, 0.15) is 31.9 Å². The van der Waals surface area contributed by atoms with E-state index in [2.05, 4.69) is 11.4 Å². The predicted octanol–water partition coefficient (Wildman–Crippen LogP) is 1.87. The first-order valence-electron chi connectivity index (χ1n) is 7.03. The van der Waals surface area contributed by atoms with Gasteiger partial charge in [0.2, 0.25) is 5.09 Å². The lowest BCUT2D eigenvalue weighted by molar-refractivity contribution is 0.368. The Labute approximate surface area is 119 Å². The van der Waals surface area contributed by atoms with Crippen LogP contribution in [0, 0.1) is 0 Å². The van der Waals surface area contributed by atoms with Crippen LogP contribution in [0.3, 0.4) is 0 Å².